The highest BCUT2D eigenvalue weighted by Crippen LogP contribution is 2.19. The maximum Gasteiger partial charge on any atom is 0.319 e. The monoisotopic (exact) mass is 345 g/mol. The number of nitrogens with zero attached hydrogens (tertiary/aromatic N) is 3. The maximum atomic E-state index is 12.1. The van der Waals surface area contributed by atoms with Gasteiger partial charge in [-0.3, -0.25) is 0 Å². The summed E-state index contributed by atoms with van der Waals surface area (Å²) < 4.78 is 0. The third kappa shape index (κ3) is 4.14. The van der Waals surface area contributed by atoms with Gasteiger partial charge in [0.2, 0.25) is 0 Å². The molecule has 1 fully saturated rings. The number of aryl methyl sites for hydroxylation is 1. The van der Waals surface area contributed by atoms with E-state index in [0.717, 1.165) is 37.3 Å². The van der Waals surface area contributed by atoms with Gasteiger partial charge in [-0.25, -0.2) is 14.8 Å². The number of urea groups is 1. The number of piperidine rings is 1. The summed E-state index contributed by atoms with van der Waals surface area (Å²) in [7, 11) is 0. The first-order valence-electron chi connectivity index (χ1n) is 7.97. The molecule has 24 heavy (non-hydrogen) atoms. The van der Waals surface area contributed by atoms with Gasteiger partial charge >= 0.3 is 6.03 Å². The van der Waals surface area contributed by atoms with Crippen molar-refractivity contribution in [3.63, 3.8) is 0 Å². The first-order chi connectivity index (χ1) is 11.6. The van der Waals surface area contributed by atoms with Crippen molar-refractivity contribution >= 4 is 29.1 Å². The summed E-state index contributed by atoms with van der Waals surface area (Å²) in [6, 6.07) is 7.45. The number of pyridine rings is 2. The first-order valence-corrected chi connectivity index (χ1v) is 8.35. The number of nitrogens with one attached hydrogen (secondary N) is 2. The lowest BCUT2D eigenvalue weighted by molar-refractivity contribution is 0.246. The van der Waals surface area contributed by atoms with Crippen LogP contribution in [0.1, 0.15) is 18.4 Å². The molecule has 0 unspecified atom stereocenters. The summed E-state index contributed by atoms with van der Waals surface area (Å²) in [6.45, 7) is 3.77. The molecule has 0 bridgehead atoms. The summed E-state index contributed by atoms with van der Waals surface area (Å²) in [5.74, 6) is 0.991. The SMILES string of the molecule is Cc1ccc(N2CCC(NC(=O)Nc3cccnc3Cl)CC2)nc1. The fraction of sp³-hybridized carbons (Fsp3) is 0.353. The van der Waals surface area contributed by atoms with E-state index in [9.17, 15) is 4.79 Å². The fourth-order valence-corrected chi connectivity index (χ4v) is 2.89. The van der Waals surface area contributed by atoms with Gasteiger partial charge in [0.05, 0.1) is 5.69 Å². The van der Waals surface area contributed by atoms with Gasteiger partial charge in [-0.05, 0) is 43.5 Å². The number of rotatable bonds is 3. The third-order valence-corrected chi connectivity index (χ3v) is 4.36. The van der Waals surface area contributed by atoms with Crippen LogP contribution < -0.4 is 15.5 Å². The number of hydrogen-bond acceptors (Lipinski definition) is 4. The second kappa shape index (κ2) is 7.49. The zero-order chi connectivity index (χ0) is 16.9. The van der Waals surface area contributed by atoms with Crippen molar-refractivity contribution in [1.82, 2.24) is 15.3 Å². The van der Waals surface area contributed by atoms with Crippen LogP contribution in [0.15, 0.2) is 36.7 Å². The van der Waals surface area contributed by atoms with Gasteiger partial charge in [-0.2, -0.15) is 0 Å². The largest absolute Gasteiger partial charge is 0.356 e. The van der Waals surface area contributed by atoms with E-state index in [1.54, 1.807) is 18.3 Å². The Labute approximate surface area is 146 Å². The summed E-state index contributed by atoms with van der Waals surface area (Å²) in [4.78, 5) is 22.7. The zero-order valence-electron chi connectivity index (χ0n) is 13.5. The van der Waals surface area contributed by atoms with E-state index in [4.69, 9.17) is 11.6 Å². The molecule has 1 saturated heterocycles. The van der Waals surface area contributed by atoms with Crippen LogP contribution in [0.5, 0.6) is 0 Å². The molecule has 0 aromatic carbocycles. The Balaban J connectivity index is 1.49. The van der Waals surface area contributed by atoms with Gasteiger partial charge in [0.1, 0.15) is 5.82 Å². The van der Waals surface area contributed by atoms with E-state index < -0.39 is 0 Å². The number of carbonyl (C=O) groups is 1. The van der Waals surface area contributed by atoms with Crippen LogP contribution in [0.25, 0.3) is 0 Å². The van der Waals surface area contributed by atoms with Gasteiger partial charge in [-0.15, -0.1) is 0 Å². The standard InChI is InChI=1S/C17H20ClN5O/c1-12-4-5-15(20-11-12)23-9-6-13(7-10-23)21-17(24)22-14-3-2-8-19-16(14)18/h2-5,8,11,13H,6-7,9-10H2,1H3,(H2,21,22,24). The summed E-state index contributed by atoms with van der Waals surface area (Å²) >= 11 is 5.94. The Bertz CT molecular complexity index is 698. The number of aromatic nitrogens is 2. The van der Waals surface area contributed by atoms with Crippen molar-refractivity contribution in [3.05, 3.63) is 47.4 Å². The molecule has 0 aliphatic carbocycles. The van der Waals surface area contributed by atoms with E-state index in [2.05, 4.69) is 31.6 Å². The molecule has 0 radical (unpaired) electrons. The highest BCUT2D eigenvalue weighted by Gasteiger charge is 2.21. The Morgan fingerprint density at radius 1 is 1.25 bits per heavy atom. The highest BCUT2D eigenvalue weighted by atomic mass is 35.5. The topological polar surface area (TPSA) is 70.2 Å². The first kappa shape index (κ1) is 16.5. The van der Waals surface area contributed by atoms with Crippen molar-refractivity contribution in [2.75, 3.05) is 23.3 Å². The Morgan fingerprint density at radius 3 is 2.71 bits per heavy atom. The number of carbonyl (C=O) groups excluding carboxylic acids is 1. The minimum atomic E-state index is -0.253. The molecule has 0 saturated carbocycles. The molecule has 2 aromatic heterocycles. The van der Waals surface area contributed by atoms with Crippen molar-refractivity contribution in [2.24, 2.45) is 0 Å². The summed E-state index contributed by atoms with van der Waals surface area (Å²) in [5.41, 5.74) is 1.67. The lowest BCUT2D eigenvalue weighted by Gasteiger charge is -2.33. The molecule has 1 aliphatic heterocycles. The highest BCUT2D eigenvalue weighted by molar-refractivity contribution is 6.32. The fourth-order valence-electron chi connectivity index (χ4n) is 2.72. The molecule has 6 nitrogen and oxygen atoms in total. The van der Waals surface area contributed by atoms with Crippen LogP contribution in [0.2, 0.25) is 5.15 Å². The Hall–Kier alpha value is -2.34. The average molecular weight is 346 g/mol. The minimum absolute atomic E-state index is 0.141. The van der Waals surface area contributed by atoms with Gasteiger partial charge in [0.15, 0.2) is 5.15 Å². The minimum Gasteiger partial charge on any atom is -0.356 e. The predicted octanol–water partition coefficient (Wildman–Crippen LogP) is 3.23. The van der Waals surface area contributed by atoms with Gasteiger partial charge in [0, 0.05) is 31.5 Å². The van der Waals surface area contributed by atoms with Crippen LogP contribution in [-0.4, -0.2) is 35.1 Å². The third-order valence-electron chi connectivity index (χ3n) is 4.06. The number of amides is 2. The second-order valence-corrected chi connectivity index (χ2v) is 6.25. The molecular formula is C17H20ClN5O. The smallest absolute Gasteiger partial charge is 0.319 e. The molecule has 2 amide bonds. The van der Waals surface area contributed by atoms with Crippen molar-refractivity contribution < 1.29 is 4.79 Å². The number of halogens is 1. The lowest BCUT2D eigenvalue weighted by atomic mass is 10.1. The molecule has 126 valence electrons. The van der Waals surface area contributed by atoms with Crippen LogP contribution >= 0.6 is 11.6 Å². The van der Waals surface area contributed by atoms with Gasteiger partial charge < -0.3 is 15.5 Å². The van der Waals surface area contributed by atoms with Crippen LogP contribution in [-0.2, 0) is 0 Å². The average Bonchev–Trinajstić information content (AvgIpc) is 2.58. The zero-order valence-corrected chi connectivity index (χ0v) is 14.3. The Morgan fingerprint density at radius 2 is 2.04 bits per heavy atom. The van der Waals surface area contributed by atoms with E-state index in [1.165, 1.54) is 0 Å². The second-order valence-electron chi connectivity index (χ2n) is 5.90. The van der Waals surface area contributed by atoms with Crippen molar-refractivity contribution in [3.8, 4) is 0 Å². The lowest BCUT2D eigenvalue weighted by Crippen LogP contribution is -2.46. The van der Waals surface area contributed by atoms with Crippen LogP contribution in [0.3, 0.4) is 0 Å². The number of anilines is 2. The van der Waals surface area contributed by atoms with E-state index in [1.807, 2.05) is 19.2 Å². The summed E-state index contributed by atoms with van der Waals surface area (Å²) in [6.07, 6.45) is 5.22. The normalized spacial score (nSPS) is 15.2. The van der Waals surface area contributed by atoms with Crippen LogP contribution in [0, 0.1) is 6.92 Å². The predicted molar refractivity (Wildman–Crippen MR) is 95.6 cm³/mol. The molecule has 2 aromatic rings. The molecule has 7 heteroatoms. The number of hydrogen-bond donors (Lipinski definition) is 2. The van der Waals surface area contributed by atoms with Crippen LogP contribution in [0.4, 0.5) is 16.3 Å². The van der Waals surface area contributed by atoms with Crippen molar-refractivity contribution in [1.29, 1.82) is 0 Å². The quantitative estimate of drug-likeness (QED) is 0.838. The maximum absolute atomic E-state index is 12.1. The van der Waals surface area contributed by atoms with Gasteiger partial charge in [-0.1, -0.05) is 17.7 Å². The van der Waals surface area contributed by atoms with E-state index in [-0.39, 0.29) is 17.2 Å². The Kier molecular flexibility index (Phi) is 5.15. The van der Waals surface area contributed by atoms with Crippen molar-refractivity contribution in [2.45, 2.75) is 25.8 Å². The molecule has 3 heterocycles. The molecule has 3 rings (SSSR count). The van der Waals surface area contributed by atoms with Gasteiger partial charge in [0.25, 0.3) is 0 Å². The molecule has 0 spiro atoms. The molecule has 0 atom stereocenters. The molecule has 2 N–H and O–H groups in total. The molecule has 1 aliphatic rings. The molecular weight excluding hydrogens is 326 g/mol. The van der Waals surface area contributed by atoms with E-state index in [0.29, 0.717) is 5.69 Å². The summed E-state index contributed by atoms with van der Waals surface area (Å²) in [5, 5.41) is 6.01. The van der Waals surface area contributed by atoms with E-state index >= 15 is 0 Å².